The zero-order chi connectivity index (χ0) is 21.3. The summed E-state index contributed by atoms with van der Waals surface area (Å²) >= 11 is 0. The molecule has 0 radical (unpaired) electrons. The van der Waals surface area contributed by atoms with Crippen molar-refractivity contribution in [3.63, 3.8) is 0 Å². The lowest BCUT2D eigenvalue weighted by Crippen LogP contribution is -2.20. The summed E-state index contributed by atoms with van der Waals surface area (Å²) in [5.74, 6) is -0.185. The average Bonchev–Trinajstić information content (AvgIpc) is 2.79. The smallest absolute Gasteiger partial charge is 0.250 e. The normalized spacial score (nSPS) is 13.3. The van der Waals surface area contributed by atoms with E-state index in [1.54, 1.807) is 18.2 Å². The van der Waals surface area contributed by atoms with E-state index in [0.29, 0.717) is 23.6 Å². The Hall–Kier alpha value is -3.36. The highest BCUT2D eigenvalue weighted by atomic mass is 16.2. The molecule has 1 aromatic carbocycles. The van der Waals surface area contributed by atoms with Crippen molar-refractivity contribution in [2.75, 3.05) is 23.7 Å². The highest BCUT2D eigenvalue weighted by molar-refractivity contribution is 6.03. The Balaban J connectivity index is 1.44. The summed E-state index contributed by atoms with van der Waals surface area (Å²) < 4.78 is 0. The molecule has 3 rings (SSSR count). The Kier molecular flexibility index (Phi) is 7.42. The fourth-order valence-electron chi connectivity index (χ4n) is 2.95. The molecule has 5 N–H and O–H groups in total. The number of rotatable bonds is 8. The molecule has 2 heterocycles. The molecule has 1 aromatic heterocycles. The van der Waals surface area contributed by atoms with Gasteiger partial charge in [0.15, 0.2) is 5.82 Å². The molecular weight excluding hydrogens is 380 g/mol. The summed E-state index contributed by atoms with van der Waals surface area (Å²) in [6.07, 6.45) is 3.36. The lowest BCUT2D eigenvalue weighted by molar-refractivity contribution is -0.116. The number of carbonyl (C=O) groups is 2. The maximum atomic E-state index is 12.2. The van der Waals surface area contributed by atoms with Crippen LogP contribution in [-0.4, -0.2) is 35.1 Å². The van der Waals surface area contributed by atoms with E-state index in [9.17, 15) is 9.59 Å². The number of nitrogens with zero attached hydrogens (tertiary/aromatic N) is 2. The third-order valence-electron chi connectivity index (χ3n) is 4.75. The number of carbonyl (C=O) groups excluding carboxylic acids is 2. The van der Waals surface area contributed by atoms with Gasteiger partial charge < -0.3 is 21.7 Å². The molecule has 0 fully saturated rings. The van der Waals surface area contributed by atoms with Crippen molar-refractivity contribution in [1.82, 2.24) is 15.5 Å². The first-order chi connectivity index (χ1) is 14.5. The molecule has 0 bridgehead atoms. The standard InChI is InChI=1S/C22H26N6O2/c1-15(22(30)25-18-5-3-16(14-23)4-6-18)2-9-21(29)26-20-8-7-19(27-28-20)17-10-12-24-13-11-17/h3-8,10,24H,1-2,9,11-14,23H2,(H,25,30)(H,26,28,29). The van der Waals surface area contributed by atoms with Gasteiger partial charge in [-0.3, -0.25) is 9.59 Å². The van der Waals surface area contributed by atoms with Crippen LogP contribution in [0.2, 0.25) is 0 Å². The van der Waals surface area contributed by atoms with Crippen LogP contribution in [0, 0.1) is 0 Å². The van der Waals surface area contributed by atoms with Gasteiger partial charge in [-0.25, -0.2) is 0 Å². The van der Waals surface area contributed by atoms with E-state index in [1.165, 1.54) is 0 Å². The molecule has 0 saturated heterocycles. The van der Waals surface area contributed by atoms with Crippen LogP contribution in [-0.2, 0) is 16.1 Å². The fourth-order valence-corrected chi connectivity index (χ4v) is 2.95. The average molecular weight is 406 g/mol. The van der Waals surface area contributed by atoms with E-state index in [2.05, 4.69) is 38.8 Å². The summed E-state index contributed by atoms with van der Waals surface area (Å²) in [4.78, 5) is 24.4. The van der Waals surface area contributed by atoms with Crippen molar-refractivity contribution in [2.24, 2.45) is 5.73 Å². The number of nitrogens with one attached hydrogen (secondary N) is 3. The molecular formula is C22H26N6O2. The van der Waals surface area contributed by atoms with E-state index in [4.69, 9.17) is 5.73 Å². The molecule has 0 saturated carbocycles. The van der Waals surface area contributed by atoms with Gasteiger partial charge in [0.1, 0.15) is 0 Å². The first kappa shape index (κ1) is 21.4. The number of hydrogen-bond donors (Lipinski definition) is 4. The quantitative estimate of drug-likeness (QED) is 0.499. The Labute approximate surface area is 175 Å². The van der Waals surface area contributed by atoms with Crippen LogP contribution < -0.4 is 21.7 Å². The van der Waals surface area contributed by atoms with Crippen LogP contribution in [0.1, 0.15) is 30.5 Å². The van der Waals surface area contributed by atoms with Crippen LogP contribution in [0.3, 0.4) is 0 Å². The second-order valence-corrected chi connectivity index (χ2v) is 6.99. The molecule has 0 unspecified atom stereocenters. The molecule has 8 nitrogen and oxygen atoms in total. The van der Waals surface area contributed by atoms with Gasteiger partial charge in [-0.05, 0) is 54.8 Å². The van der Waals surface area contributed by atoms with Crippen molar-refractivity contribution in [2.45, 2.75) is 25.8 Å². The predicted octanol–water partition coefficient (Wildman–Crippen LogP) is 2.23. The minimum atomic E-state index is -0.317. The zero-order valence-corrected chi connectivity index (χ0v) is 16.8. The second-order valence-electron chi connectivity index (χ2n) is 6.99. The van der Waals surface area contributed by atoms with Crippen molar-refractivity contribution in [1.29, 1.82) is 0 Å². The monoisotopic (exact) mass is 406 g/mol. The second kappa shape index (κ2) is 10.4. The van der Waals surface area contributed by atoms with Gasteiger partial charge in [-0.2, -0.15) is 0 Å². The van der Waals surface area contributed by atoms with Gasteiger partial charge in [-0.1, -0.05) is 24.8 Å². The topological polar surface area (TPSA) is 122 Å². The number of nitrogens with two attached hydrogens (primary N) is 1. The van der Waals surface area contributed by atoms with Gasteiger partial charge in [0.25, 0.3) is 5.91 Å². The van der Waals surface area contributed by atoms with Crippen LogP contribution in [0.25, 0.3) is 5.57 Å². The van der Waals surface area contributed by atoms with Gasteiger partial charge in [0.05, 0.1) is 5.69 Å². The van der Waals surface area contributed by atoms with E-state index in [1.807, 2.05) is 18.2 Å². The number of hydrogen-bond acceptors (Lipinski definition) is 6. The summed E-state index contributed by atoms with van der Waals surface area (Å²) in [5.41, 5.74) is 9.49. The highest BCUT2D eigenvalue weighted by Crippen LogP contribution is 2.18. The minimum absolute atomic E-state index is 0.124. The van der Waals surface area contributed by atoms with Gasteiger partial charge >= 0.3 is 0 Å². The van der Waals surface area contributed by atoms with E-state index >= 15 is 0 Å². The highest BCUT2D eigenvalue weighted by Gasteiger charge is 2.12. The van der Waals surface area contributed by atoms with Crippen molar-refractivity contribution < 1.29 is 9.59 Å². The number of amides is 2. The fraction of sp³-hybridized carbons (Fsp3) is 0.273. The Morgan fingerprint density at radius 2 is 1.87 bits per heavy atom. The third kappa shape index (κ3) is 6.07. The largest absolute Gasteiger partial charge is 0.326 e. The molecule has 8 heteroatoms. The van der Waals surface area contributed by atoms with Crippen LogP contribution in [0.15, 0.2) is 54.6 Å². The number of benzene rings is 1. The first-order valence-electron chi connectivity index (χ1n) is 9.87. The maximum absolute atomic E-state index is 12.2. The summed E-state index contributed by atoms with van der Waals surface area (Å²) in [7, 11) is 0. The molecule has 0 aliphatic carbocycles. The molecule has 0 spiro atoms. The predicted molar refractivity (Wildman–Crippen MR) is 117 cm³/mol. The summed E-state index contributed by atoms with van der Waals surface area (Å²) in [5, 5.41) is 17.0. The van der Waals surface area contributed by atoms with E-state index in [-0.39, 0.29) is 24.7 Å². The number of anilines is 2. The summed E-state index contributed by atoms with van der Waals surface area (Å²) in [6.45, 7) is 5.96. The molecule has 30 heavy (non-hydrogen) atoms. The van der Waals surface area contributed by atoms with Crippen LogP contribution in [0.5, 0.6) is 0 Å². The zero-order valence-electron chi connectivity index (χ0n) is 16.8. The molecule has 2 aromatic rings. The van der Waals surface area contributed by atoms with Crippen LogP contribution in [0.4, 0.5) is 11.5 Å². The molecule has 156 valence electrons. The van der Waals surface area contributed by atoms with Gasteiger partial charge in [-0.15, -0.1) is 10.2 Å². The molecule has 1 aliphatic rings. The Bertz CT molecular complexity index is 935. The lowest BCUT2D eigenvalue weighted by atomic mass is 10.1. The molecule has 2 amide bonds. The third-order valence-corrected chi connectivity index (χ3v) is 4.75. The van der Waals surface area contributed by atoms with Crippen molar-refractivity contribution in [3.05, 3.63) is 65.9 Å². The van der Waals surface area contributed by atoms with Crippen LogP contribution >= 0.6 is 0 Å². The van der Waals surface area contributed by atoms with E-state index in [0.717, 1.165) is 36.3 Å². The molecule has 0 atom stereocenters. The molecule has 1 aliphatic heterocycles. The SMILES string of the molecule is C=C(CCC(=O)Nc1ccc(C2=CCNCC2)nn1)C(=O)Nc1ccc(CN)cc1. The van der Waals surface area contributed by atoms with Crippen molar-refractivity contribution in [3.8, 4) is 0 Å². The van der Waals surface area contributed by atoms with Gasteiger partial charge in [0, 0.05) is 30.8 Å². The summed E-state index contributed by atoms with van der Waals surface area (Å²) in [6, 6.07) is 10.8. The minimum Gasteiger partial charge on any atom is -0.326 e. The van der Waals surface area contributed by atoms with Gasteiger partial charge in [0.2, 0.25) is 5.91 Å². The lowest BCUT2D eigenvalue weighted by Gasteiger charge is -2.13. The maximum Gasteiger partial charge on any atom is 0.250 e. The van der Waals surface area contributed by atoms with Crippen molar-refractivity contribution >= 4 is 28.9 Å². The Morgan fingerprint density at radius 1 is 1.07 bits per heavy atom. The first-order valence-corrected chi connectivity index (χ1v) is 9.87. The van der Waals surface area contributed by atoms with E-state index < -0.39 is 0 Å². The Morgan fingerprint density at radius 3 is 2.50 bits per heavy atom. The number of aromatic nitrogens is 2.